The molecular weight excluding hydrogens is 143 g/mol. The second-order valence-electron chi connectivity index (χ2n) is 1.63. The summed E-state index contributed by atoms with van der Waals surface area (Å²) in [6, 6.07) is 0. The van der Waals surface area contributed by atoms with Gasteiger partial charge in [-0.15, -0.1) is 0 Å². The number of aromatic nitrogens is 2. The van der Waals surface area contributed by atoms with E-state index in [1.807, 2.05) is 0 Å². The maximum atomic E-state index is 10.0. The summed E-state index contributed by atoms with van der Waals surface area (Å²) in [5, 5.41) is 8.23. The number of carbonyl (C=O) groups is 1. The molecule has 0 aliphatic heterocycles. The van der Waals surface area contributed by atoms with Crippen LogP contribution in [0.2, 0.25) is 0 Å². The molecule has 0 aromatic carbocycles. The van der Waals surface area contributed by atoms with Gasteiger partial charge in [-0.3, -0.25) is 4.79 Å². The molecule has 1 aromatic heterocycles. The minimum atomic E-state index is -0.859. The van der Waals surface area contributed by atoms with Crippen molar-refractivity contribution in [2.45, 2.75) is 6.42 Å². The standard InChI is InChI=1S/C5H6N2O2.Na.H/c8-5(9)1-4-2-6-3-7-4;;/h2-3H,1H2,(H,6,7)(H,8,9);;. The van der Waals surface area contributed by atoms with Crippen LogP contribution in [-0.4, -0.2) is 50.6 Å². The number of rotatable bonds is 2. The molecule has 1 aromatic rings. The monoisotopic (exact) mass is 150 g/mol. The van der Waals surface area contributed by atoms with E-state index in [4.69, 9.17) is 5.11 Å². The van der Waals surface area contributed by atoms with Crippen LogP contribution in [0.1, 0.15) is 5.69 Å². The Bertz CT molecular complexity index is 197. The number of nitrogens with zero attached hydrogens (tertiary/aromatic N) is 1. The summed E-state index contributed by atoms with van der Waals surface area (Å²) in [7, 11) is 0. The summed E-state index contributed by atoms with van der Waals surface area (Å²) in [6.07, 6.45) is 3.01. The molecule has 10 heavy (non-hydrogen) atoms. The molecule has 1 rings (SSSR count). The van der Waals surface area contributed by atoms with E-state index in [1.54, 1.807) is 6.20 Å². The third-order valence-corrected chi connectivity index (χ3v) is 0.887. The van der Waals surface area contributed by atoms with Crippen LogP contribution in [0.25, 0.3) is 0 Å². The van der Waals surface area contributed by atoms with Gasteiger partial charge in [0.15, 0.2) is 0 Å². The van der Waals surface area contributed by atoms with E-state index in [0.29, 0.717) is 5.69 Å². The molecule has 2 N–H and O–H groups in total. The molecule has 0 atom stereocenters. The fraction of sp³-hybridized carbons (Fsp3) is 0.200. The van der Waals surface area contributed by atoms with Crippen LogP contribution in [-0.2, 0) is 11.2 Å². The first-order valence-corrected chi connectivity index (χ1v) is 2.48. The molecule has 0 radical (unpaired) electrons. The first kappa shape index (κ1) is 9.68. The molecule has 0 aliphatic rings. The Balaban J connectivity index is 0.000000810. The molecule has 4 nitrogen and oxygen atoms in total. The number of H-pyrrole nitrogens is 1. The summed E-state index contributed by atoms with van der Waals surface area (Å²) in [6.45, 7) is 0. The minimum absolute atomic E-state index is 0. The topological polar surface area (TPSA) is 66.0 Å². The number of imidazole rings is 1. The Labute approximate surface area is 80.0 Å². The Kier molecular flexibility index (Phi) is 4.34. The van der Waals surface area contributed by atoms with Gasteiger partial charge in [-0.25, -0.2) is 4.98 Å². The number of carboxylic acids is 1. The van der Waals surface area contributed by atoms with Gasteiger partial charge in [0.1, 0.15) is 0 Å². The average Bonchev–Trinajstić information content (AvgIpc) is 2.15. The second kappa shape index (κ2) is 4.49. The third-order valence-electron chi connectivity index (χ3n) is 0.887. The number of carboxylic acid groups (broad SMARTS) is 1. The summed E-state index contributed by atoms with van der Waals surface area (Å²) in [5.74, 6) is -0.859. The van der Waals surface area contributed by atoms with Crippen molar-refractivity contribution in [3.05, 3.63) is 18.2 Å². The van der Waals surface area contributed by atoms with Crippen molar-refractivity contribution in [3.8, 4) is 0 Å². The van der Waals surface area contributed by atoms with E-state index in [9.17, 15) is 4.79 Å². The van der Waals surface area contributed by atoms with Gasteiger partial charge in [0.05, 0.1) is 18.4 Å². The molecule has 0 saturated heterocycles. The van der Waals surface area contributed by atoms with Gasteiger partial charge < -0.3 is 10.1 Å². The van der Waals surface area contributed by atoms with Gasteiger partial charge in [0, 0.05) is 6.20 Å². The van der Waals surface area contributed by atoms with Crippen molar-refractivity contribution in [2.75, 3.05) is 0 Å². The molecule has 0 aliphatic carbocycles. The zero-order valence-electron chi connectivity index (χ0n) is 4.66. The molecule has 50 valence electrons. The van der Waals surface area contributed by atoms with Gasteiger partial charge in [-0.05, 0) is 0 Å². The van der Waals surface area contributed by atoms with E-state index in [-0.39, 0.29) is 36.0 Å². The van der Waals surface area contributed by atoms with Gasteiger partial charge >= 0.3 is 35.5 Å². The Morgan fingerprint density at radius 2 is 2.50 bits per heavy atom. The van der Waals surface area contributed by atoms with Crippen molar-refractivity contribution in [3.63, 3.8) is 0 Å². The maximum absolute atomic E-state index is 10.0. The van der Waals surface area contributed by atoms with E-state index in [0.717, 1.165) is 0 Å². The first-order chi connectivity index (χ1) is 4.29. The summed E-state index contributed by atoms with van der Waals surface area (Å²) in [4.78, 5) is 16.4. The molecule has 0 saturated carbocycles. The van der Waals surface area contributed by atoms with Crippen LogP contribution in [0.5, 0.6) is 0 Å². The van der Waals surface area contributed by atoms with Gasteiger partial charge in [0.2, 0.25) is 0 Å². The number of aromatic amines is 1. The van der Waals surface area contributed by atoms with E-state index >= 15 is 0 Å². The predicted octanol–water partition coefficient (Wildman–Crippen LogP) is -0.612. The van der Waals surface area contributed by atoms with Crippen molar-refractivity contribution in [1.29, 1.82) is 0 Å². The van der Waals surface area contributed by atoms with Crippen molar-refractivity contribution < 1.29 is 9.90 Å². The van der Waals surface area contributed by atoms with E-state index < -0.39 is 5.97 Å². The van der Waals surface area contributed by atoms with E-state index in [1.165, 1.54) is 6.33 Å². The van der Waals surface area contributed by atoms with Crippen molar-refractivity contribution >= 4 is 35.5 Å². The van der Waals surface area contributed by atoms with Crippen LogP contribution >= 0.6 is 0 Å². The summed E-state index contributed by atoms with van der Waals surface area (Å²) < 4.78 is 0. The van der Waals surface area contributed by atoms with Crippen molar-refractivity contribution in [2.24, 2.45) is 0 Å². The van der Waals surface area contributed by atoms with Gasteiger partial charge in [0.25, 0.3) is 0 Å². The number of hydrogen-bond acceptors (Lipinski definition) is 2. The fourth-order valence-corrected chi connectivity index (χ4v) is 0.543. The Morgan fingerprint density at radius 3 is 2.90 bits per heavy atom. The van der Waals surface area contributed by atoms with Crippen LogP contribution in [0.15, 0.2) is 12.5 Å². The molecule has 0 spiro atoms. The SMILES string of the molecule is O=C(O)Cc1c[nH]cn1.[NaH]. The zero-order chi connectivity index (χ0) is 6.69. The number of aliphatic carboxylic acids is 1. The fourth-order valence-electron chi connectivity index (χ4n) is 0.543. The molecule has 0 unspecified atom stereocenters. The van der Waals surface area contributed by atoms with Crippen LogP contribution < -0.4 is 0 Å². The molecular formula is C5H7N2NaO2. The van der Waals surface area contributed by atoms with Crippen molar-refractivity contribution in [1.82, 2.24) is 9.97 Å². The summed E-state index contributed by atoms with van der Waals surface area (Å²) in [5.41, 5.74) is 0.558. The van der Waals surface area contributed by atoms with Crippen LogP contribution in [0.3, 0.4) is 0 Å². The Morgan fingerprint density at radius 1 is 1.80 bits per heavy atom. The third kappa shape index (κ3) is 3.00. The number of hydrogen-bond donors (Lipinski definition) is 2. The van der Waals surface area contributed by atoms with Gasteiger partial charge in [-0.2, -0.15) is 0 Å². The van der Waals surface area contributed by atoms with Gasteiger partial charge in [-0.1, -0.05) is 0 Å². The first-order valence-electron chi connectivity index (χ1n) is 2.48. The zero-order valence-corrected chi connectivity index (χ0v) is 4.66. The summed E-state index contributed by atoms with van der Waals surface area (Å²) >= 11 is 0. The van der Waals surface area contributed by atoms with Crippen LogP contribution in [0.4, 0.5) is 0 Å². The quantitative estimate of drug-likeness (QED) is 0.552. The molecule has 0 fully saturated rings. The molecule has 0 amide bonds. The van der Waals surface area contributed by atoms with E-state index in [2.05, 4.69) is 9.97 Å². The average molecular weight is 150 g/mol. The molecule has 0 bridgehead atoms. The predicted molar refractivity (Wildman–Crippen MR) is 37.1 cm³/mol. The number of nitrogens with one attached hydrogen (secondary N) is 1. The molecule has 1 heterocycles. The Hall–Kier alpha value is -0.320. The second-order valence-corrected chi connectivity index (χ2v) is 1.63. The normalized spacial score (nSPS) is 8.40. The molecule has 5 heteroatoms. The van der Waals surface area contributed by atoms with Crippen LogP contribution in [0, 0.1) is 0 Å².